The van der Waals surface area contributed by atoms with Crippen molar-refractivity contribution in [2.75, 3.05) is 6.61 Å². The number of hydrogen-bond acceptors (Lipinski definition) is 5. The molecule has 158 valence electrons. The molecule has 0 heterocycles. The first-order chi connectivity index (χ1) is 13.4. The molecule has 2 unspecified atom stereocenters. The number of Topliss-reactive ketones (excluding diaryl/α,β-unsaturated/α-hetero) is 3. The van der Waals surface area contributed by atoms with Gasteiger partial charge in [-0.1, -0.05) is 6.92 Å². The van der Waals surface area contributed by atoms with Gasteiger partial charge in [0.2, 0.25) is 0 Å². The zero-order valence-electron chi connectivity index (χ0n) is 16.8. The molecule has 0 amide bonds. The smallest absolute Gasteiger partial charge is 0.187 e. The molecule has 4 aliphatic rings. The van der Waals surface area contributed by atoms with Crippen LogP contribution in [-0.4, -0.2) is 46.7 Å². The molecule has 0 aromatic heterocycles. The first-order valence-corrected chi connectivity index (χ1v) is 10.2. The fourth-order valence-electron chi connectivity index (χ4n) is 7.02. The summed E-state index contributed by atoms with van der Waals surface area (Å²) in [6.45, 7) is 3.73. The summed E-state index contributed by atoms with van der Waals surface area (Å²) in [5.74, 6) is -5.71. The number of alkyl halides is 2. The Morgan fingerprint density at radius 2 is 1.86 bits per heavy atom. The lowest BCUT2D eigenvalue weighted by molar-refractivity contribution is -0.183. The van der Waals surface area contributed by atoms with Crippen LogP contribution in [0.4, 0.5) is 8.78 Å². The van der Waals surface area contributed by atoms with E-state index in [9.17, 15) is 24.3 Å². The Morgan fingerprint density at radius 1 is 1.21 bits per heavy atom. The van der Waals surface area contributed by atoms with Crippen LogP contribution in [0.25, 0.3) is 0 Å². The van der Waals surface area contributed by atoms with Gasteiger partial charge in [0.05, 0.1) is 11.3 Å². The lowest BCUT2D eigenvalue weighted by Gasteiger charge is -2.60. The topological polar surface area (TPSA) is 88.5 Å². The highest BCUT2D eigenvalue weighted by atomic mass is 19.1. The highest BCUT2D eigenvalue weighted by Gasteiger charge is 2.75. The third-order valence-electron chi connectivity index (χ3n) is 8.61. The predicted octanol–water partition coefficient (Wildman–Crippen LogP) is 2.34. The second kappa shape index (κ2) is 6.13. The first kappa shape index (κ1) is 20.5. The average molecular weight is 408 g/mol. The van der Waals surface area contributed by atoms with Crippen molar-refractivity contribution in [3.05, 3.63) is 11.6 Å². The normalized spacial score (nSPS) is 49.2. The molecule has 7 heteroatoms. The Morgan fingerprint density at radius 3 is 2.48 bits per heavy atom. The number of fused-ring (bicyclic) bond motifs is 5. The summed E-state index contributed by atoms with van der Waals surface area (Å²) in [7, 11) is 0. The van der Waals surface area contributed by atoms with Crippen LogP contribution < -0.4 is 0 Å². The van der Waals surface area contributed by atoms with Gasteiger partial charge < -0.3 is 5.11 Å². The number of rotatable bonds is 2. The van der Waals surface area contributed by atoms with Crippen molar-refractivity contribution in [3.63, 3.8) is 0 Å². The van der Waals surface area contributed by atoms with E-state index in [2.05, 4.69) is 0 Å². The molecule has 8 atom stereocenters. The maximum absolute atomic E-state index is 16.9. The van der Waals surface area contributed by atoms with Gasteiger partial charge in [-0.2, -0.15) is 0 Å². The number of carbonyl (C=O) groups excluding carboxylic acids is 4. The van der Waals surface area contributed by atoms with Crippen LogP contribution in [-0.2, 0) is 19.2 Å². The van der Waals surface area contributed by atoms with E-state index in [1.807, 2.05) is 0 Å². The van der Waals surface area contributed by atoms with Gasteiger partial charge in [0.15, 0.2) is 28.8 Å². The predicted molar refractivity (Wildman–Crippen MR) is 98.2 cm³/mol. The summed E-state index contributed by atoms with van der Waals surface area (Å²) >= 11 is 0. The number of ketones is 4. The van der Waals surface area contributed by atoms with Crippen LogP contribution in [0.15, 0.2) is 11.6 Å². The van der Waals surface area contributed by atoms with Gasteiger partial charge in [0.25, 0.3) is 0 Å². The lowest BCUT2D eigenvalue weighted by atomic mass is 9.43. The van der Waals surface area contributed by atoms with Crippen LogP contribution in [0.2, 0.25) is 0 Å². The van der Waals surface area contributed by atoms with E-state index in [1.165, 1.54) is 13.8 Å². The standard InChI is InChI=1S/C22H26F2O5/c1-10-16(26)7-14-15(23)6-13-11-4-5-12(17(27)9-25)20(11,2)8-18(28)22(13,24)21(14,3)19(10)29/h7,10-13,15,25H,4-6,8-9H2,1-3H3/t10?,11-,12+,13-,15?,20-,21+,22-/m0/s1. The van der Waals surface area contributed by atoms with E-state index in [4.69, 9.17) is 0 Å². The molecule has 4 rings (SSSR count). The maximum atomic E-state index is 16.9. The molecule has 3 fully saturated rings. The van der Waals surface area contributed by atoms with E-state index in [1.54, 1.807) is 6.92 Å². The van der Waals surface area contributed by atoms with Crippen molar-refractivity contribution in [2.24, 2.45) is 34.5 Å². The summed E-state index contributed by atoms with van der Waals surface area (Å²) in [6, 6.07) is 0. The van der Waals surface area contributed by atoms with Gasteiger partial charge in [-0.05, 0) is 56.1 Å². The second-order valence-corrected chi connectivity index (χ2v) is 9.70. The third kappa shape index (κ3) is 2.23. The molecule has 5 nitrogen and oxygen atoms in total. The lowest BCUT2D eigenvalue weighted by Crippen LogP contribution is -2.70. The Bertz CT molecular complexity index is 865. The maximum Gasteiger partial charge on any atom is 0.187 e. The molecule has 0 aromatic carbocycles. The summed E-state index contributed by atoms with van der Waals surface area (Å²) in [5.41, 5.74) is -5.70. The minimum Gasteiger partial charge on any atom is -0.389 e. The third-order valence-corrected chi connectivity index (χ3v) is 8.61. The fraction of sp³-hybridized carbons (Fsp3) is 0.727. The van der Waals surface area contributed by atoms with Crippen molar-refractivity contribution >= 4 is 23.1 Å². The number of hydrogen-bond donors (Lipinski definition) is 1. The zero-order chi connectivity index (χ0) is 21.5. The Labute approximate surface area is 167 Å². The number of halogens is 2. The van der Waals surface area contributed by atoms with Crippen molar-refractivity contribution < 1.29 is 33.1 Å². The Kier molecular flexibility index (Phi) is 4.33. The summed E-state index contributed by atoms with van der Waals surface area (Å²) in [4.78, 5) is 50.9. The molecule has 4 aliphatic carbocycles. The van der Waals surface area contributed by atoms with Gasteiger partial charge in [-0.25, -0.2) is 8.78 Å². The van der Waals surface area contributed by atoms with E-state index in [-0.39, 0.29) is 24.2 Å². The minimum absolute atomic E-state index is 0.220. The van der Waals surface area contributed by atoms with E-state index < -0.39 is 70.3 Å². The van der Waals surface area contributed by atoms with Gasteiger partial charge in [-0.3, -0.25) is 19.2 Å². The van der Waals surface area contributed by atoms with Crippen molar-refractivity contribution in [2.45, 2.75) is 58.3 Å². The SMILES string of the molecule is CC1C(=O)C=C2C(F)C[C@H]3[C@@H]4CC[C@H](C(=O)CO)[C@@]4(C)CC(=O)[C@]3(F)[C@@]2(C)C1=O. The van der Waals surface area contributed by atoms with Crippen LogP contribution in [0, 0.1) is 34.5 Å². The van der Waals surface area contributed by atoms with Crippen molar-refractivity contribution in [1.29, 1.82) is 0 Å². The average Bonchev–Trinajstić information content (AvgIpc) is 3.01. The quantitative estimate of drug-likeness (QED) is 0.709. The van der Waals surface area contributed by atoms with Gasteiger partial charge >= 0.3 is 0 Å². The molecule has 29 heavy (non-hydrogen) atoms. The Balaban J connectivity index is 1.87. The van der Waals surface area contributed by atoms with E-state index in [0.29, 0.717) is 12.8 Å². The number of aliphatic hydroxyl groups is 1. The molecule has 3 saturated carbocycles. The number of allylic oxidation sites excluding steroid dienone is 1. The fourth-order valence-corrected chi connectivity index (χ4v) is 7.02. The monoisotopic (exact) mass is 408 g/mol. The number of carbonyl (C=O) groups is 4. The van der Waals surface area contributed by atoms with Crippen LogP contribution in [0.3, 0.4) is 0 Å². The van der Waals surface area contributed by atoms with E-state index >= 15 is 8.78 Å². The summed E-state index contributed by atoms with van der Waals surface area (Å²) in [6.07, 6.45) is -0.366. The molecular formula is C22H26F2O5. The highest BCUT2D eigenvalue weighted by molar-refractivity contribution is 6.16. The zero-order valence-corrected chi connectivity index (χ0v) is 16.8. The molecule has 1 N–H and O–H groups in total. The molecule has 0 radical (unpaired) electrons. The van der Waals surface area contributed by atoms with Gasteiger partial charge in [0.1, 0.15) is 12.8 Å². The summed E-state index contributed by atoms with van der Waals surface area (Å²) in [5, 5.41) is 9.32. The van der Waals surface area contributed by atoms with Gasteiger partial charge in [-0.15, -0.1) is 0 Å². The van der Waals surface area contributed by atoms with Crippen LogP contribution >= 0.6 is 0 Å². The molecular weight excluding hydrogens is 382 g/mol. The van der Waals surface area contributed by atoms with Gasteiger partial charge in [0, 0.05) is 18.3 Å². The van der Waals surface area contributed by atoms with Crippen LogP contribution in [0.5, 0.6) is 0 Å². The highest BCUT2D eigenvalue weighted by Crippen LogP contribution is 2.68. The molecule has 0 aliphatic heterocycles. The largest absolute Gasteiger partial charge is 0.389 e. The molecule has 0 bridgehead atoms. The summed E-state index contributed by atoms with van der Waals surface area (Å²) < 4.78 is 32.1. The molecule has 0 saturated heterocycles. The molecule has 0 aromatic rings. The van der Waals surface area contributed by atoms with Crippen molar-refractivity contribution in [1.82, 2.24) is 0 Å². The first-order valence-electron chi connectivity index (χ1n) is 10.2. The van der Waals surface area contributed by atoms with E-state index in [0.717, 1.165) is 6.08 Å². The van der Waals surface area contributed by atoms with Crippen molar-refractivity contribution in [3.8, 4) is 0 Å². The molecule has 0 spiro atoms. The Hall–Kier alpha value is -1.76. The second-order valence-electron chi connectivity index (χ2n) is 9.70. The van der Waals surface area contributed by atoms with Crippen LogP contribution in [0.1, 0.15) is 46.5 Å². The number of aliphatic hydroxyl groups excluding tert-OH is 1. The minimum atomic E-state index is -2.60.